The molecule has 8 heteroatoms. The molecule has 0 fully saturated rings. The first-order valence-electron chi connectivity index (χ1n) is 10.1. The minimum absolute atomic E-state index is 0.0969. The van der Waals surface area contributed by atoms with Crippen LogP contribution in [-0.2, 0) is 6.18 Å². The Morgan fingerprint density at radius 3 is 2.30 bits per heavy atom. The van der Waals surface area contributed by atoms with Crippen molar-refractivity contribution >= 4 is 23.3 Å². The van der Waals surface area contributed by atoms with Gasteiger partial charge >= 0.3 is 6.18 Å². The third-order valence-corrected chi connectivity index (χ3v) is 5.30. The number of Topliss-reactive ketones (excluding diaryl/α,β-unsaturated/α-hetero) is 1. The molecular weight excluding hydrogens is 417 g/mol. The zero-order chi connectivity index (χ0) is 22.9. The summed E-state index contributed by atoms with van der Waals surface area (Å²) in [5, 5.41) is 3.86. The van der Waals surface area contributed by atoms with Gasteiger partial charge in [-0.15, -0.1) is 0 Å². The second kappa shape index (κ2) is 12.0. The number of nitrogens with two attached hydrogens (primary N) is 1. The number of rotatable bonds is 8. The van der Waals surface area contributed by atoms with Crippen LogP contribution in [0.3, 0.4) is 0 Å². The molecule has 2 aromatic rings. The molecule has 0 saturated heterocycles. The molecule has 0 amide bonds. The van der Waals surface area contributed by atoms with Gasteiger partial charge in [0.1, 0.15) is 0 Å². The van der Waals surface area contributed by atoms with Gasteiger partial charge in [0.15, 0.2) is 5.78 Å². The monoisotopic (exact) mass is 446 g/mol. The molecule has 2 rings (SSSR count). The molecule has 1 heterocycles. The minimum atomic E-state index is -4.43. The van der Waals surface area contributed by atoms with Crippen molar-refractivity contribution in [3.05, 3.63) is 46.1 Å². The van der Waals surface area contributed by atoms with Gasteiger partial charge in [0.05, 0.1) is 16.3 Å². The zero-order valence-electron chi connectivity index (χ0n) is 17.9. The SMILES string of the molecule is CC(=O)c1ccc(C(F)(F)F)cc1Cl.CCCC(CCC(C)CC)c1cc(N)on1. The van der Waals surface area contributed by atoms with Crippen molar-refractivity contribution in [1.82, 2.24) is 5.16 Å². The summed E-state index contributed by atoms with van der Waals surface area (Å²) in [6, 6.07) is 4.53. The summed E-state index contributed by atoms with van der Waals surface area (Å²) in [6.45, 7) is 8.00. The summed E-state index contributed by atoms with van der Waals surface area (Å²) in [7, 11) is 0. The summed E-state index contributed by atoms with van der Waals surface area (Å²) in [5.41, 5.74) is 5.84. The Hall–Kier alpha value is -2.02. The lowest BCUT2D eigenvalue weighted by Gasteiger charge is -2.15. The number of hydrogen-bond acceptors (Lipinski definition) is 4. The Morgan fingerprint density at radius 1 is 1.20 bits per heavy atom. The molecule has 30 heavy (non-hydrogen) atoms. The highest BCUT2D eigenvalue weighted by Crippen LogP contribution is 2.32. The third-order valence-electron chi connectivity index (χ3n) is 4.98. The van der Waals surface area contributed by atoms with Crippen LogP contribution in [0.5, 0.6) is 0 Å². The molecule has 2 atom stereocenters. The predicted molar refractivity (Wildman–Crippen MR) is 114 cm³/mol. The van der Waals surface area contributed by atoms with Crippen LogP contribution < -0.4 is 5.73 Å². The maximum absolute atomic E-state index is 12.2. The maximum Gasteiger partial charge on any atom is 0.416 e. The third kappa shape index (κ3) is 8.38. The molecule has 0 radical (unpaired) electrons. The molecule has 2 N–H and O–H groups in total. The van der Waals surface area contributed by atoms with Crippen LogP contribution in [0.25, 0.3) is 0 Å². The molecule has 0 aliphatic heterocycles. The Bertz CT molecular complexity index is 806. The van der Waals surface area contributed by atoms with Gasteiger partial charge in [0.25, 0.3) is 0 Å². The summed E-state index contributed by atoms with van der Waals surface area (Å²) < 4.78 is 41.4. The highest BCUT2D eigenvalue weighted by molar-refractivity contribution is 6.33. The van der Waals surface area contributed by atoms with E-state index < -0.39 is 11.7 Å². The summed E-state index contributed by atoms with van der Waals surface area (Å²) in [4.78, 5) is 10.9. The molecule has 1 aromatic heterocycles. The van der Waals surface area contributed by atoms with E-state index in [-0.39, 0.29) is 16.4 Å². The van der Waals surface area contributed by atoms with Crippen molar-refractivity contribution in [1.29, 1.82) is 0 Å². The largest absolute Gasteiger partial charge is 0.416 e. The lowest BCUT2D eigenvalue weighted by molar-refractivity contribution is -0.137. The molecule has 2 unspecified atom stereocenters. The van der Waals surface area contributed by atoms with Crippen LogP contribution >= 0.6 is 11.6 Å². The number of alkyl halides is 3. The van der Waals surface area contributed by atoms with Gasteiger partial charge in [-0.25, -0.2) is 0 Å². The fraction of sp³-hybridized carbons (Fsp3) is 0.545. The van der Waals surface area contributed by atoms with Gasteiger partial charge in [-0.2, -0.15) is 13.2 Å². The molecule has 0 saturated carbocycles. The van der Waals surface area contributed by atoms with Gasteiger partial charge < -0.3 is 10.3 Å². The fourth-order valence-electron chi connectivity index (χ4n) is 2.95. The Morgan fingerprint density at radius 2 is 1.87 bits per heavy atom. The van der Waals surface area contributed by atoms with E-state index in [9.17, 15) is 18.0 Å². The van der Waals surface area contributed by atoms with Gasteiger partial charge in [0.2, 0.25) is 5.88 Å². The van der Waals surface area contributed by atoms with Crippen LogP contribution in [0.1, 0.15) is 87.3 Å². The molecule has 0 aliphatic rings. The summed E-state index contributed by atoms with van der Waals surface area (Å²) in [5.74, 6) is 1.38. The standard InChI is InChI=1S/C13H24N2O.C9H6ClF3O/c1-4-6-11(8-7-10(3)5-2)12-9-13(14)16-15-12;1-5(14)7-3-2-6(4-8(7)10)9(11,12)13/h9-11H,4-8,14H2,1-3H3;2-4H,1H3. The fourth-order valence-corrected chi connectivity index (χ4v) is 3.27. The number of benzene rings is 1. The molecular formula is C22H30ClF3N2O2. The Kier molecular flexibility index (Phi) is 10.4. The van der Waals surface area contributed by atoms with E-state index in [1.165, 1.54) is 39.0 Å². The van der Waals surface area contributed by atoms with Crippen LogP contribution in [0.15, 0.2) is 28.8 Å². The van der Waals surface area contributed by atoms with Crippen molar-refractivity contribution in [2.75, 3.05) is 5.73 Å². The first-order chi connectivity index (χ1) is 14.0. The molecule has 4 nitrogen and oxygen atoms in total. The van der Waals surface area contributed by atoms with Crippen LogP contribution in [0.4, 0.5) is 19.1 Å². The van der Waals surface area contributed by atoms with Crippen LogP contribution in [-0.4, -0.2) is 10.9 Å². The van der Waals surface area contributed by atoms with E-state index >= 15 is 0 Å². The average Bonchev–Trinajstić information content (AvgIpc) is 3.10. The lowest BCUT2D eigenvalue weighted by Crippen LogP contribution is -2.05. The van der Waals surface area contributed by atoms with Gasteiger partial charge in [0, 0.05) is 17.5 Å². The first kappa shape index (κ1) is 26.0. The van der Waals surface area contributed by atoms with Crippen molar-refractivity contribution in [2.24, 2.45) is 5.92 Å². The predicted octanol–water partition coefficient (Wildman–Crippen LogP) is 7.53. The van der Waals surface area contributed by atoms with E-state index in [1.807, 2.05) is 6.07 Å². The Balaban J connectivity index is 0.000000303. The maximum atomic E-state index is 12.2. The van der Waals surface area contributed by atoms with E-state index in [2.05, 4.69) is 25.9 Å². The van der Waals surface area contributed by atoms with Gasteiger partial charge in [-0.3, -0.25) is 4.79 Å². The van der Waals surface area contributed by atoms with E-state index in [4.69, 9.17) is 21.9 Å². The van der Waals surface area contributed by atoms with Crippen molar-refractivity contribution in [3.63, 3.8) is 0 Å². The zero-order valence-corrected chi connectivity index (χ0v) is 18.6. The number of ketones is 1. The summed E-state index contributed by atoms with van der Waals surface area (Å²) >= 11 is 5.51. The van der Waals surface area contributed by atoms with E-state index in [0.717, 1.165) is 29.8 Å². The number of carbonyl (C=O) groups is 1. The topological polar surface area (TPSA) is 69.1 Å². The number of halogens is 4. The molecule has 0 aliphatic carbocycles. The number of carbonyl (C=O) groups excluding carboxylic acids is 1. The molecule has 168 valence electrons. The molecule has 1 aromatic carbocycles. The van der Waals surface area contributed by atoms with Crippen LogP contribution in [0.2, 0.25) is 5.02 Å². The highest BCUT2D eigenvalue weighted by Gasteiger charge is 2.31. The number of nitrogens with zero attached hydrogens (tertiary/aromatic N) is 1. The number of anilines is 1. The highest BCUT2D eigenvalue weighted by atomic mass is 35.5. The minimum Gasteiger partial charge on any atom is -0.368 e. The smallest absolute Gasteiger partial charge is 0.368 e. The second-order valence-corrected chi connectivity index (χ2v) is 7.89. The van der Waals surface area contributed by atoms with Crippen molar-refractivity contribution in [2.45, 2.75) is 71.9 Å². The van der Waals surface area contributed by atoms with Gasteiger partial charge in [-0.05, 0) is 43.9 Å². The van der Waals surface area contributed by atoms with Gasteiger partial charge in [-0.1, -0.05) is 56.8 Å². The van der Waals surface area contributed by atoms with E-state index in [0.29, 0.717) is 11.8 Å². The lowest BCUT2D eigenvalue weighted by atomic mass is 9.90. The van der Waals surface area contributed by atoms with Crippen molar-refractivity contribution in [3.8, 4) is 0 Å². The number of aromatic nitrogens is 1. The molecule has 0 spiro atoms. The number of nitrogen functional groups attached to an aromatic ring is 1. The van der Waals surface area contributed by atoms with Crippen molar-refractivity contribution < 1.29 is 22.5 Å². The van der Waals surface area contributed by atoms with E-state index in [1.54, 1.807) is 0 Å². The average molecular weight is 447 g/mol. The first-order valence-corrected chi connectivity index (χ1v) is 10.5. The number of hydrogen-bond donors (Lipinski definition) is 1. The quantitative estimate of drug-likeness (QED) is 0.425. The summed E-state index contributed by atoms with van der Waals surface area (Å²) in [6.07, 6.45) is 1.61. The Labute approximate surface area is 181 Å². The molecule has 0 bridgehead atoms. The normalized spacial score (nSPS) is 13.3. The van der Waals surface area contributed by atoms with Crippen LogP contribution in [0, 0.1) is 5.92 Å². The second-order valence-electron chi connectivity index (χ2n) is 7.48.